The van der Waals surface area contributed by atoms with E-state index in [2.05, 4.69) is 0 Å². The third-order valence-electron chi connectivity index (χ3n) is 3.37. The van der Waals surface area contributed by atoms with Crippen molar-refractivity contribution in [2.24, 2.45) is 5.92 Å². The number of aliphatic hydroxyl groups excluding tert-OH is 1. The van der Waals surface area contributed by atoms with Crippen molar-refractivity contribution in [3.05, 3.63) is 35.9 Å². The number of aliphatic hydroxyl groups is 1. The number of rotatable bonds is 5. The van der Waals surface area contributed by atoms with E-state index in [4.69, 9.17) is 0 Å². The van der Waals surface area contributed by atoms with E-state index < -0.39 is 12.0 Å². The van der Waals surface area contributed by atoms with E-state index in [0.717, 1.165) is 5.56 Å². The predicted molar refractivity (Wildman–Crippen MR) is 77.7 cm³/mol. The average Bonchev–Trinajstić information content (AvgIpc) is 2.37. The molecule has 1 aromatic carbocycles. The molecule has 0 heterocycles. The fourth-order valence-corrected chi connectivity index (χ4v) is 2.41. The summed E-state index contributed by atoms with van der Waals surface area (Å²) in [5.74, 6) is -0.437. The molecule has 2 atom stereocenters. The van der Waals surface area contributed by atoms with E-state index in [9.17, 15) is 9.90 Å². The molecule has 1 rings (SSSR count). The Morgan fingerprint density at radius 1 is 1.00 bits per heavy atom. The summed E-state index contributed by atoms with van der Waals surface area (Å²) in [5.41, 5.74) is 0.788. The Balaban J connectivity index is 2.87. The Hall–Kier alpha value is -1.35. The normalized spacial score (nSPS) is 14.5. The summed E-state index contributed by atoms with van der Waals surface area (Å²) in [6, 6.07) is 9.62. The molecular weight excluding hydrogens is 238 g/mol. The molecule has 0 fully saturated rings. The Kier molecular flexibility index (Phi) is 5.55. The highest BCUT2D eigenvalue weighted by Gasteiger charge is 2.30. The Morgan fingerprint density at radius 2 is 1.47 bits per heavy atom. The molecule has 0 aromatic heterocycles. The molecule has 1 N–H and O–H groups in total. The van der Waals surface area contributed by atoms with Gasteiger partial charge in [-0.1, -0.05) is 37.3 Å². The van der Waals surface area contributed by atoms with Crippen LogP contribution in [0.15, 0.2) is 30.3 Å². The van der Waals surface area contributed by atoms with Crippen LogP contribution in [0.2, 0.25) is 0 Å². The summed E-state index contributed by atoms with van der Waals surface area (Å²) in [6.45, 7) is 9.79. The highest BCUT2D eigenvalue weighted by Crippen LogP contribution is 2.24. The molecule has 3 heteroatoms. The fraction of sp³-hybridized carbons (Fsp3) is 0.562. The van der Waals surface area contributed by atoms with Gasteiger partial charge >= 0.3 is 0 Å². The second kappa shape index (κ2) is 6.71. The average molecular weight is 263 g/mol. The molecule has 0 aliphatic carbocycles. The molecular formula is C16H25NO2. The molecule has 19 heavy (non-hydrogen) atoms. The van der Waals surface area contributed by atoms with Gasteiger partial charge in [0, 0.05) is 12.1 Å². The molecule has 0 spiro atoms. The summed E-state index contributed by atoms with van der Waals surface area (Å²) >= 11 is 0. The molecule has 106 valence electrons. The van der Waals surface area contributed by atoms with Gasteiger partial charge in [0.15, 0.2) is 0 Å². The smallest absolute Gasteiger partial charge is 0.228 e. The zero-order valence-electron chi connectivity index (χ0n) is 12.5. The van der Waals surface area contributed by atoms with Gasteiger partial charge in [-0.15, -0.1) is 0 Å². The van der Waals surface area contributed by atoms with Crippen molar-refractivity contribution < 1.29 is 9.90 Å². The van der Waals surface area contributed by atoms with Crippen LogP contribution in [0.25, 0.3) is 0 Å². The SMILES string of the molecule is CC(C)N(C(=O)[C@@H](C)[C@H](O)c1ccccc1)C(C)C. The monoisotopic (exact) mass is 263 g/mol. The van der Waals surface area contributed by atoms with Crippen molar-refractivity contribution >= 4 is 5.91 Å². The maximum absolute atomic E-state index is 12.5. The van der Waals surface area contributed by atoms with Gasteiger partial charge in [0.2, 0.25) is 5.91 Å². The van der Waals surface area contributed by atoms with Crippen LogP contribution in [-0.4, -0.2) is 28.0 Å². The lowest BCUT2D eigenvalue weighted by molar-refractivity contribution is -0.142. The number of nitrogens with zero attached hydrogens (tertiary/aromatic N) is 1. The minimum absolute atomic E-state index is 0.00125. The van der Waals surface area contributed by atoms with E-state index in [1.54, 1.807) is 6.92 Å². The third-order valence-corrected chi connectivity index (χ3v) is 3.37. The lowest BCUT2D eigenvalue weighted by atomic mass is 9.95. The van der Waals surface area contributed by atoms with Crippen LogP contribution in [0.5, 0.6) is 0 Å². The van der Waals surface area contributed by atoms with Crippen molar-refractivity contribution in [3.8, 4) is 0 Å². The first kappa shape index (κ1) is 15.7. The molecule has 0 saturated heterocycles. The Labute approximate surface area is 116 Å². The molecule has 3 nitrogen and oxygen atoms in total. The Morgan fingerprint density at radius 3 is 1.89 bits per heavy atom. The minimum atomic E-state index is -0.756. The molecule has 0 aliphatic heterocycles. The van der Waals surface area contributed by atoms with Gasteiger partial charge in [0.1, 0.15) is 0 Å². The molecule has 0 radical (unpaired) electrons. The van der Waals surface area contributed by atoms with Crippen LogP contribution < -0.4 is 0 Å². The molecule has 1 aromatic rings. The first-order chi connectivity index (χ1) is 8.86. The van der Waals surface area contributed by atoms with Gasteiger partial charge in [-0.3, -0.25) is 4.79 Å². The Bertz CT molecular complexity index is 392. The largest absolute Gasteiger partial charge is 0.388 e. The van der Waals surface area contributed by atoms with Crippen molar-refractivity contribution in [1.82, 2.24) is 4.90 Å². The maximum atomic E-state index is 12.5. The zero-order chi connectivity index (χ0) is 14.6. The highest BCUT2D eigenvalue weighted by atomic mass is 16.3. The molecule has 0 saturated carbocycles. The first-order valence-electron chi connectivity index (χ1n) is 6.91. The maximum Gasteiger partial charge on any atom is 0.228 e. The van der Waals surface area contributed by atoms with Crippen molar-refractivity contribution in [3.63, 3.8) is 0 Å². The molecule has 0 bridgehead atoms. The van der Waals surface area contributed by atoms with Crippen molar-refractivity contribution in [2.75, 3.05) is 0 Å². The summed E-state index contributed by atoms with van der Waals surface area (Å²) in [7, 11) is 0. The van der Waals surface area contributed by atoms with E-state index in [1.807, 2.05) is 62.9 Å². The van der Waals surface area contributed by atoms with Gasteiger partial charge in [-0.25, -0.2) is 0 Å². The number of hydrogen-bond acceptors (Lipinski definition) is 2. The van der Waals surface area contributed by atoms with Gasteiger partial charge in [0.25, 0.3) is 0 Å². The van der Waals surface area contributed by atoms with Gasteiger partial charge < -0.3 is 10.0 Å². The number of amides is 1. The van der Waals surface area contributed by atoms with Crippen LogP contribution in [-0.2, 0) is 4.79 Å². The molecule has 0 unspecified atom stereocenters. The van der Waals surface area contributed by atoms with E-state index in [0.29, 0.717) is 0 Å². The van der Waals surface area contributed by atoms with Crippen molar-refractivity contribution in [2.45, 2.75) is 52.8 Å². The minimum Gasteiger partial charge on any atom is -0.388 e. The summed E-state index contributed by atoms with van der Waals surface area (Å²) in [6.07, 6.45) is -0.756. The first-order valence-corrected chi connectivity index (χ1v) is 6.91. The predicted octanol–water partition coefficient (Wildman–Crippen LogP) is 3.00. The summed E-state index contributed by atoms with van der Waals surface area (Å²) < 4.78 is 0. The van der Waals surface area contributed by atoms with E-state index >= 15 is 0 Å². The number of carbonyl (C=O) groups is 1. The molecule has 0 aliphatic rings. The van der Waals surface area contributed by atoms with Crippen LogP contribution in [0.4, 0.5) is 0 Å². The van der Waals surface area contributed by atoms with Crippen LogP contribution in [0.1, 0.15) is 46.3 Å². The highest BCUT2D eigenvalue weighted by molar-refractivity contribution is 5.79. The topological polar surface area (TPSA) is 40.5 Å². The van der Waals surface area contributed by atoms with E-state index in [1.165, 1.54) is 0 Å². The number of hydrogen-bond donors (Lipinski definition) is 1. The van der Waals surface area contributed by atoms with Crippen molar-refractivity contribution in [1.29, 1.82) is 0 Å². The lowest BCUT2D eigenvalue weighted by Crippen LogP contribution is -2.45. The number of carbonyl (C=O) groups excluding carboxylic acids is 1. The second-order valence-electron chi connectivity index (χ2n) is 5.58. The number of benzene rings is 1. The second-order valence-corrected chi connectivity index (χ2v) is 5.58. The van der Waals surface area contributed by atoms with E-state index in [-0.39, 0.29) is 18.0 Å². The van der Waals surface area contributed by atoms with Gasteiger partial charge in [-0.2, -0.15) is 0 Å². The van der Waals surface area contributed by atoms with Gasteiger partial charge in [0.05, 0.1) is 12.0 Å². The molecule has 1 amide bonds. The van der Waals surface area contributed by atoms with Crippen LogP contribution in [0, 0.1) is 5.92 Å². The zero-order valence-corrected chi connectivity index (χ0v) is 12.5. The fourth-order valence-electron chi connectivity index (χ4n) is 2.41. The van der Waals surface area contributed by atoms with Gasteiger partial charge in [-0.05, 0) is 33.3 Å². The van der Waals surface area contributed by atoms with Crippen LogP contribution >= 0.6 is 0 Å². The summed E-state index contributed by atoms with van der Waals surface area (Å²) in [5, 5.41) is 10.3. The summed E-state index contributed by atoms with van der Waals surface area (Å²) in [4.78, 5) is 14.3. The third kappa shape index (κ3) is 3.80. The van der Waals surface area contributed by atoms with Crippen LogP contribution in [0.3, 0.4) is 0 Å². The lowest BCUT2D eigenvalue weighted by Gasteiger charge is -2.34. The standard InChI is InChI=1S/C16H25NO2/c1-11(2)17(12(3)4)16(19)13(5)15(18)14-9-7-6-8-10-14/h6-13,15,18H,1-5H3/t13-,15-/m0/s1. The quantitative estimate of drug-likeness (QED) is 0.887.